The van der Waals surface area contributed by atoms with Crippen molar-refractivity contribution < 1.29 is 4.74 Å². The van der Waals surface area contributed by atoms with Crippen LogP contribution in [-0.4, -0.2) is 22.0 Å². The number of halogens is 1. The molecule has 3 unspecified atom stereocenters. The topological polar surface area (TPSA) is 27.1 Å². The van der Waals surface area contributed by atoms with E-state index in [9.17, 15) is 0 Å². The Morgan fingerprint density at radius 1 is 1.47 bits per heavy atom. The molecule has 2 heterocycles. The fourth-order valence-corrected chi connectivity index (χ4v) is 2.99. The summed E-state index contributed by atoms with van der Waals surface area (Å²) in [5, 5.41) is 4.59. The summed E-state index contributed by atoms with van der Waals surface area (Å²) in [7, 11) is 0. The Kier molecular flexibility index (Phi) is 3.79. The average Bonchev–Trinajstić information content (AvgIpc) is 2.73. The van der Waals surface area contributed by atoms with Crippen LogP contribution in [-0.2, 0) is 11.3 Å². The number of hydrogen-bond donors (Lipinski definition) is 0. The number of aromatic nitrogens is 2. The molecule has 1 aromatic heterocycles. The Morgan fingerprint density at radius 3 is 2.65 bits per heavy atom. The van der Waals surface area contributed by atoms with Gasteiger partial charge < -0.3 is 4.74 Å². The number of ether oxygens (including phenoxy) is 1. The molecular weight excluding hydrogens is 236 g/mol. The Hall–Kier alpha value is -0.540. The molecule has 3 atom stereocenters. The highest BCUT2D eigenvalue weighted by Gasteiger charge is 2.24. The van der Waals surface area contributed by atoms with E-state index in [4.69, 9.17) is 16.3 Å². The summed E-state index contributed by atoms with van der Waals surface area (Å²) in [6, 6.07) is 0. The third-order valence-corrected chi connectivity index (χ3v) is 3.75. The maximum Gasteiger partial charge on any atom is 0.0775 e. The van der Waals surface area contributed by atoms with Gasteiger partial charge in [0, 0.05) is 11.3 Å². The van der Waals surface area contributed by atoms with Crippen LogP contribution < -0.4 is 0 Å². The highest BCUT2D eigenvalue weighted by Crippen LogP contribution is 2.27. The average molecular weight is 257 g/mol. The van der Waals surface area contributed by atoms with Crippen molar-refractivity contribution in [2.24, 2.45) is 0 Å². The van der Waals surface area contributed by atoms with E-state index < -0.39 is 0 Å². The van der Waals surface area contributed by atoms with Gasteiger partial charge >= 0.3 is 0 Å². The molecule has 1 aliphatic rings. The van der Waals surface area contributed by atoms with Crippen molar-refractivity contribution >= 4 is 11.6 Å². The summed E-state index contributed by atoms with van der Waals surface area (Å²) in [6.07, 6.45) is 2.98. The molecule has 0 N–H and O–H groups in total. The van der Waals surface area contributed by atoms with Gasteiger partial charge in [0.2, 0.25) is 0 Å². The van der Waals surface area contributed by atoms with Crippen LogP contribution in [0, 0.1) is 13.8 Å². The number of rotatable bonds is 3. The van der Waals surface area contributed by atoms with E-state index in [1.807, 2.05) is 18.5 Å². The SMILES string of the molecule is Cc1nn(CC2CCC(C)O2)c(C)c1C(C)Cl. The second-order valence-corrected chi connectivity index (χ2v) is 5.68. The second kappa shape index (κ2) is 4.99. The number of hydrogen-bond acceptors (Lipinski definition) is 2. The van der Waals surface area contributed by atoms with Gasteiger partial charge in [-0.25, -0.2) is 0 Å². The summed E-state index contributed by atoms with van der Waals surface area (Å²) < 4.78 is 7.88. The largest absolute Gasteiger partial charge is 0.373 e. The van der Waals surface area contributed by atoms with E-state index in [0.717, 1.165) is 30.6 Å². The third kappa shape index (κ3) is 2.66. The van der Waals surface area contributed by atoms with E-state index in [-0.39, 0.29) is 5.38 Å². The Labute approximate surface area is 108 Å². The van der Waals surface area contributed by atoms with Gasteiger partial charge in [-0.15, -0.1) is 11.6 Å². The molecule has 17 heavy (non-hydrogen) atoms. The van der Waals surface area contributed by atoms with Crippen molar-refractivity contribution in [2.75, 3.05) is 0 Å². The van der Waals surface area contributed by atoms with Gasteiger partial charge in [0.1, 0.15) is 0 Å². The van der Waals surface area contributed by atoms with Crippen LogP contribution in [0.4, 0.5) is 0 Å². The lowest BCUT2D eigenvalue weighted by Gasteiger charge is -2.13. The fourth-order valence-electron chi connectivity index (χ4n) is 2.68. The molecule has 4 heteroatoms. The van der Waals surface area contributed by atoms with Gasteiger partial charge in [-0.05, 0) is 40.5 Å². The number of nitrogens with zero attached hydrogens (tertiary/aromatic N) is 2. The van der Waals surface area contributed by atoms with Crippen LogP contribution in [0.3, 0.4) is 0 Å². The zero-order valence-corrected chi connectivity index (χ0v) is 11.8. The standard InChI is InChI=1S/C13H21ClN2O/c1-8-5-6-12(17-8)7-16-11(4)13(9(2)14)10(3)15-16/h8-9,12H,5-7H2,1-4H3. The molecule has 2 rings (SSSR count). The van der Waals surface area contributed by atoms with Crippen molar-refractivity contribution in [1.82, 2.24) is 9.78 Å². The summed E-state index contributed by atoms with van der Waals surface area (Å²) >= 11 is 6.18. The third-order valence-electron chi connectivity index (χ3n) is 3.53. The van der Waals surface area contributed by atoms with Crippen molar-refractivity contribution in [3.8, 4) is 0 Å². The van der Waals surface area contributed by atoms with E-state index in [1.54, 1.807) is 0 Å². The van der Waals surface area contributed by atoms with E-state index in [0.29, 0.717) is 12.2 Å². The van der Waals surface area contributed by atoms with Crippen LogP contribution in [0.5, 0.6) is 0 Å². The summed E-state index contributed by atoms with van der Waals surface area (Å²) in [4.78, 5) is 0. The van der Waals surface area contributed by atoms with Crippen LogP contribution in [0.25, 0.3) is 0 Å². The molecule has 0 saturated carbocycles. The number of alkyl halides is 1. The van der Waals surface area contributed by atoms with Crippen molar-refractivity contribution in [3.63, 3.8) is 0 Å². The first kappa shape index (κ1) is 12.9. The van der Waals surface area contributed by atoms with Gasteiger partial charge in [0.05, 0.1) is 29.8 Å². The maximum atomic E-state index is 6.18. The first-order chi connectivity index (χ1) is 7.99. The lowest BCUT2D eigenvalue weighted by atomic mass is 10.1. The lowest BCUT2D eigenvalue weighted by molar-refractivity contribution is 0.0433. The molecule has 0 aromatic carbocycles. The lowest BCUT2D eigenvalue weighted by Crippen LogP contribution is -2.18. The normalized spacial score (nSPS) is 26.4. The van der Waals surface area contributed by atoms with Gasteiger partial charge in [0.15, 0.2) is 0 Å². The van der Waals surface area contributed by atoms with Gasteiger partial charge in [-0.3, -0.25) is 4.68 Å². The Morgan fingerprint density at radius 2 is 2.18 bits per heavy atom. The minimum Gasteiger partial charge on any atom is -0.373 e. The Balaban J connectivity index is 2.14. The van der Waals surface area contributed by atoms with Gasteiger partial charge in [0.25, 0.3) is 0 Å². The zero-order valence-electron chi connectivity index (χ0n) is 11.0. The molecule has 1 fully saturated rings. The van der Waals surface area contributed by atoms with Crippen LogP contribution >= 0.6 is 11.6 Å². The van der Waals surface area contributed by atoms with E-state index in [1.165, 1.54) is 5.69 Å². The molecule has 96 valence electrons. The van der Waals surface area contributed by atoms with E-state index in [2.05, 4.69) is 18.9 Å². The highest BCUT2D eigenvalue weighted by atomic mass is 35.5. The van der Waals surface area contributed by atoms with Gasteiger partial charge in [-0.2, -0.15) is 5.10 Å². The minimum atomic E-state index is 0.0205. The molecule has 1 saturated heterocycles. The summed E-state index contributed by atoms with van der Waals surface area (Å²) in [5.41, 5.74) is 3.38. The van der Waals surface area contributed by atoms with Crippen molar-refractivity contribution in [3.05, 3.63) is 17.0 Å². The molecule has 3 nitrogen and oxygen atoms in total. The first-order valence-corrected chi connectivity index (χ1v) is 6.76. The molecular formula is C13H21ClN2O. The first-order valence-electron chi connectivity index (χ1n) is 6.32. The Bertz CT molecular complexity index is 400. The van der Waals surface area contributed by atoms with Crippen LogP contribution in [0.2, 0.25) is 0 Å². The number of aryl methyl sites for hydroxylation is 1. The maximum absolute atomic E-state index is 6.18. The molecule has 0 aliphatic carbocycles. The molecule has 0 radical (unpaired) electrons. The highest BCUT2D eigenvalue weighted by molar-refractivity contribution is 6.20. The molecule has 0 amide bonds. The van der Waals surface area contributed by atoms with E-state index >= 15 is 0 Å². The fraction of sp³-hybridized carbons (Fsp3) is 0.769. The smallest absolute Gasteiger partial charge is 0.0775 e. The van der Waals surface area contributed by atoms with Gasteiger partial charge in [-0.1, -0.05) is 0 Å². The predicted molar refractivity (Wildman–Crippen MR) is 69.5 cm³/mol. The molecule has 0 spiro atoms. The predicted octanol–water partition coefficient (Wildman–Crippen LogP) is 3.37. The van der Waals surface area contributed by atoms with Crippen LogP contribution in [0.1, 0.15) is 49.0 Å². The molecule has 1 aromatic rings. The zero-order chi connectivity index (χ0) is 12.6. The summed E-state index contributed by atoms with van der Waals surface area (Å²) in [6.45, 7) is 9.09. The van der Waals surface area contributed by atoms with Crippen molar-refractivity contribution in [2.45, 2.75) is 64.7 Å². The van der Waals surface area contributed by atoms with Crippen LogP contribution in [0.15, 0.2) is 0 Å². The molecule has 0 bridgehead atoms. The quantitative estimate of drug-likeness (QED) is 0.776. The minimum absolute atomic E-state index is 0.0205. The second-order valence-electron chi connectivity index (χ2n) is 5.03. The molecule has 1 aliphatic heterocycles. The van der Waals surface area contributed by atoms with Crippen molar-refractivity contribution in [1.29, 1.82) is 0 Å². The summed E-state index contributed by atoms with van der Waals surface area (Å²) in [5.74, 6) is 0. The monoisotopic (exact) mass is 256 g/mol.